The van der Waals surface area contributed by atoms with Crippen molar-refractivity contribution in [2.45, 2.75) is 39.5 Å². The lowest BCUT2D eigenvalue weighted by Gasteiger charge is -2.15. The molecule has 6 heterocycles. The van der Waals surface area contributed by atoms with Crippen LogP contribution in [0.4, 0.5) is 11.9 Å². The molecule has 2 aromatic carbocycles. The molecule has 306 valence electrons. The summed E-state index contributed by atoms with van der Waals surface area (Å²) in [5.41, 5.74) is 9.80. The van der Waals surface area contributed by atoms with Gasteiger partial charge in [0.2, 0.25) is 17.8 Å². The van der Waals surface area contributed by atoms with Gasteiger partial charge in [0.15, 0.2) is 0 Å². The van der Waals surface area contributed by atoms with Crippen molar-refractivity contribution in [2.24, 2.45) is 0 Å². The minimum absolute atomic E-state index is 0.240. The summed E-state index contributed by atoms with van der Waals surface area (Å²) in [5.74, 6) is 1.22. The Kier molecular flexibility index (Phi) is 14.4. The number of allylic oxidation sites excluding steroid dienone is 2. The molecule has 4 N–H and O–H groups in total. The van der Waals surface area contributed by atoms with E-state index in [2.05, 4.69) is 121 Å². The maximum Gasteiger partial charge on any atom is 0.223 e. The number of hydrogen-bond acceptors (Lipinski definition) is 14. The first-order valence-electron chi connectivity index (χ1n) is 19.9. The van der Waals surface area contributed by atoms with E-state index in [1.165, 1.54) is 34.7 Å². The Bertz CT molecular complexity index is 2560. The van der Waals surface area contributed by atoms with Crippen LogP contribution in [0.3, 0.4) is 0 Å². The Balaban J connectivity index is 0.000000184. The van der Waals surface area contributed by atoms with Gasteiger partial charge < -0.3 is 26.2 Å². The average molecular weight is 845 g/mol. The Hall–Kier alpha value is -6.94. The quantitative estimate of drug-likeness (QED) is 0.0659. The largest absolute Gasteiger partial charge is 0.354 e. The summed E-state index contributed by atoms with van der Waals surface area (Å²) in [6.07, 6.45) is 10.2. The Morgan fingerprint density at radius 1 is 0.754 bits per heavy atom. The molecule has 1 amide bonds. The molecule has 8 rings (SSSR count). The molecule has 0 spiro atoms. The number of rotatable bonds is 13. The molecular weight excluding hydrogens is 801 g/mol. The smallest absolute Gasteiger partial charge is 0.223 e. The second kappa shape index (κ2) is 20.8. The number of nitriles is 2. The number of carbonyl (C=O) groups excluding carboxylic acids is 1. The van der Waals surface area contributed by atoms with Crippen LogP contribution in [0.1, 0.15) is 58.5 Å². The molecule has 0 radical (unpaired) electrons. The van der Waals surface area contributed by atoms with Gasteiger partial charge in [-0.3, -0.25) is 9.78 Å². The van der Waals surface area contributed by atoms with Crippen molar-refractivity contribution in [1.29, 1.82) is 10.5 Å². The number of aryl methyl sites for hydroxylation is 2. The zero-order valence-electron chi connectivity index (χ0n) is 33.9. The minimum Gasteiger partial charge on any atom is -0.354 e. The van der Waals surface area contributed by atoms with Crippen molar-refractivity contribution in [3.8, 4) is 12.1 Å². The average Bonchev–Trinajstić information content (AvgIpc) is 4.07. The molecule has 61 heavy (non-hydrogen) atoms. The van der Waals surface area contributed by atoms with Crippen molar-refractivity contribution >= 4 is 63.9 Å². The maximum absolute atomic E-state index is 11.7. The summed E-state index contributed by atoms with van der Waals surface area (Å²) < 4.78 is 0. The molecule has 0 bridgehead atoms. The van der Waals surface area contributed by atoms with E-state index in [-0.39, 0.29) is 5.91 Å². The predicted octanol–water partition coefficient (Wildman–Crippen LogP) is 8.10. The number of amides is 1. The minimum atomic E-state index is 0.240. The lowest BCUT2D eigenvalue weighted by Crippen LogP contribution is -2.27. The number of aromatic nitrogens is 5. The van der Waals surface area contributed by atoms with E-state index in [0.29, 0.717) is 53.9 Å². The number of benzene rings is 2. The van der Waals surface area contributed by atoms with Gasteiger partial charge in [0.05, 0.1) is 32.8 Å². The molecule has 3 aliphatic heterocycles. The van der Waals surface area contributed by atoms with Crippen molar-refractivity contribution < 1.29 is 4.79 Å². The normalized spacial score (nSPS) is 15.9. The molecule has 13 nitrogen and oxygen atoms in total. The molecule has 1 fully saturated rings. The molecule has 3 aliphatic rings. The highest BCUT2D eigenvalue weighted by Gasteiger charge is 2.21. The lowest BCUT2D eigenvalue weighted by molar-refractivity contribution is -0.127. The van der Waals surface area contributed by atoms with Gasteiger partial charge in [-0.15, -0.1) is 0 Å². The summed E-state index contributed by atoms with van der Waals surface area (Å²) in [5, 5.41) is 38.2. The number of thioether (sulfide) groups is 2. The van der Waals surface area contributed by atoms with Crippen LogP contribution in [0.15, 0.2) is 118 Å². The topological polar surface area (TPSA) is 180 Å². The van der Waals surface area contributed by atoms with Crippen LogP contribution >= 0.6 is 23.5 Å². The highest BCUT2D eigenvalue weighted by Crippen LogP contribution is 2.36. The molecule has 15 heteroatoms. The summed E-state index contributed by atoms with van der Waals surface area (Å²) in [4.78, 5) is 35.3. The fraction of sp³-hybridized carbons (Fsp3) is 0.217. The Labute approximate surface area is 364 Å². The number of pyridine rings is 1. The summed E-state index contributed by atoms with van der Waals surface area (Å²) in [6, 6.07) is 28.6. The first-order valence-corrected chi connectivity index (χ1v) is 21.6. The van der Waals surface area contributed by atoms with Gasteiger partial charge >= 0.3 is 0 Å². The molecular formula is C46H44N12OS2. The van der Waals surface area contributed by atoms with Gasteiger partial charge in [-0.1, -0.05) is 89.2 Å². The van der Waals surface area contributed by atoms with Crippen molar-refractivity contribution in [3.63, 3.8) is 0 Å². The molecule has 0 unspecified atom stereocenters. The summed E-state index contributed by atoms with van der Waals surface area (Å²) in [7, 11) is 0. The molecule has 0 saturated carbocycles. The van der Waals surface area contributed by atoms with Crippen LogP contribution < -0.4 is 21.3 Å². The Morgan fingerprint density at radius 2 is 1.31 bits per heavy atom. The SMILES string of the molecule is Cc1ccc(C2=CSC(=C(C#N)c3ccnc(NCCCN4CCCC4=O)n3)N2)cc1.Cc1ccc(C2=CSC(=C(C#N)c3ccnc(NCCc4cccnc4)n3)N2)cc1. The van der Waals surface area contributed by atoms with Crippen molar-refractivity contribution in [1.82, 2.24) is 40.5 Å². The van der Waals surface area contributed by atoms with E-state index in [0.717, 1.165) is 70.5 Å². The Morgan fingerprint density at radius 3 is 1.80 bits per heavy atom. The monoisotopic (exact) mass is 844 g/mol. The maximum atomic E-state index is 11.7. The van der Waals surface area contributed by atoms with E-state index < -0.39 is 0 Å². The van der Waals surface area contributed by atoms with E-state index in [9.17, 15) is 15.3 Å². The number of nitrogens with zero attached hydrogens (tertiary/aromatic N) is 8. The van der Waals surface area contributed by atoms with E-state index >= 15 is 0 Å². The van der Waals surface area contributed by atoms with Crippen molar-refractivity contribution in [3.05, 3.63) is 158 Å². The zero-order chi connectivity index (χ0) is 42.4. The molecule has 5 aromatic rings. The number of likely N-dealkylation sites (tertiary alicyclic amines) is 1. The predicted molar refractivity (Wildman–Crippen MR) is 244 cm³/mol. The second-order valence-electron chi connectivity index (χ2n) is 14.2. The summed E-state index contributed by atoms with van der Waals surface area (Å²) in [6.45, 7) is 7.06. The molecule has 0 aliphatic carbocycles. The van der Waals surface area contributed by atoms with E-state index in [4.69, 9.17) is 0 Å². The van der Waals surface area contributed by atoms with Crippen LogP contribution in [0, 0.1) is 36.5 Å². The summed E-state index contributed by atoms with van der Waals surface area (Å²) >= 11 is 2.98. The van der Waals surface area contributed by atoms with Crippen LogP contribution in [0.5, 0.6) is 0 Å². The van der Waals surface area contributed by atoms with Gasteiger partial charge in [-0.25, -0.2) is 19.9 Å². The van der Waals surface area contributed by atoms with Crippen molar-refractivity contribution in [2.75, 3.05) is 36.8 Å². The molecule has 1 saturated heterocycles. The number of carbonyl (C=O) groups is 1. The van der Waals surface area contributed by atoms with Gasteiger partial charge in [-0.05, 0) is 68.0 Å². The third-order valence-corrected chi connectivity index (χ3v) is 11.6. The zero-order valence-corrected chi connectivity index (χ0v) is 35.5. The molecule has 3 aromatic heterocycles. The number of anilines is 2. The van der Waals surface area contributed by atoms with Crippen LogP contribution in [0.25, 0.3) is 22.5 Å². The highest BCUT2D eigenvalue weighted by molar-refractivity contribution is 8.06. The van der Waals surface area contributed by atoms with Crippen LogP contribution in [-0.4, -0.2) is 61.9 Å². The van der Waals surface area contributed by atoms with E-state index in [1.54, 1.807) is 30.7 Å². The fourth-order valence-corrected chi connectivity index (χ4v) is 8.21. The third-order valence-electron chi connectivity index (χ3n) is 9.79. The first kappa shape index (κ1) is 42.2. The van der Waals surface area contributed by atoms with Gasteiger partial charge in [0.1, 0.15) is 23.3 Å². The molecule has 0 atom stereocenters. The van der Waals surface area contributed by atoms with E-state index in [1.807, 2.05) is 34.0 Å². The van der Waals surface area contributed by atoms with Crippen LogP contribution in [0.2, 0.25) is 0 Å². The third kappa shape index (κ3) is 11.4. The second-order valence-corrected chi connectivity index (χ2v) is 16.0. The highest BCUT2D eigenvalue weighted by atomic mass is 32.2. The number of hydrogen-bond donors (Lipinski definition) is 4. The van der Waals surface area contributed by atoms with Gasteiger partial charge in [0, 0.05) is 68.2 Å². The number of nitrogens with one attached hydrogen (secondary N) is 4. The standard InChI is InChI=1S/C23H24N6OS.C23H20N6S/c1-16-5-7-17(8-6-16)20-15-31-22(27-20)18(14-24)19-9-11-26-23(28-19)25-10-3-13-29-12-2-4-21(29)30;1-16-4-6-18(7-5-16)21-15-30-22(28-21)19(13-24)20-9-12-27-23(29-20)26-11-8-17-3-2-10-25-14-17/h5-9,11,15,27H,2-4,10,12-13H2,1H3,(H,25,26,28);2-7,9-10,12,14-15,28H,8,11H2,1H3,(H,26,27,29). The van der Waals surface area contributed by atoms with Gasteiger partial charge in [0.25, 0.3) is 0 Å². The lowest BCUT2D eigenvalue weighted by atomic mass is 10.1. The fourth-order valence-electron chi connectivity index (χ4n) is 6.48. The van der Waals surface area contributed by atoms with Crippen LogP contribution in [-0.2, 0) is 11.2 Å². The van der Waals surface area contributed by atoms with Gasteiger partial charge in [-0.2, -0.15) is 10.5 Å². The first-order chi connectivity index (χ1) is 29.9.